The lowest BCUT2D eigenvalue weighted by molar-refractivity contribution is -0.200. The molecule has 0 spiro atoms. The van der Waals surface area contributed by atoms with E-state index in [0.29, 0.717) is 29.2 Å². The average molecular weight is 515 g/mol. The zero-order valence-corrected chi connectivity index (χ0v) is 22.1. The largest absolute Gasteiger partial charge is 0.462 e. The van der Waals surface area contributed by atoms with E-state index in [2.05, 4.69) is 25.1 Å². The molecular formula is C28H38N2O7. The second kappa shape index (κ2) is 9.87. The number of fused-ring (bicyclic) bond motifs is 5. The van der Waals surface area contributed by atoms with Gasteiger partial charge in [-0.2, -0.15) is 0 Å². The average Bonchev–Trinajstić information content (AvgIpc) is 3.37. The number of amides is 2. The highest BCUT2D eigenvalue weighted by atomic mass is 16.7. The first-order valence-corrected chi connectivity index (χ1v) is 13.8. The zero-order chi connectivity index (χ0) is 26.4. The fourth-order valence-corrected chi connectivity index (χ4v) is 7.98. The molecule has 1 aliphatic heterocycles. The van der Waals surface area contributed by atoms with Crippen LogP contribution in [0.1, 0.15) is 91.4 Å². The third-order valence-electron chi connectivity index (χ3n) is 10.0. The number of esters is 1. The summed E-state index contributed by atoms with van der Waals surface area (Å²) in [5.41, 5.74) is 2.42. The minimum atomic E-state index is -0.827. The Bertz CT molecular complexity index is 1040. The zero-order valence-electron chi connectivity index (χ0n) is 22.1. The predicted octanol–water partition coefficient (Wildman–Crippen LogP) is 4.25. The van der Waals surface area contributed by atoms with Crippen molar-refractivity contribution in [2.24, 2.45) is 33.7 Å². The number of oxime groups is 1. The maximum absolute atomic E-state index is 12.0. The number of hydroxylamine groups is 2. The van der Waals surface area contributed by atoms with Crippen molar-refractivity contribution in [2.45, 2.75) is 97.5 Å². The summed E-state index contributed by atoms with van der Waals surface area (Å²) in [7, 11) is 0. The van der Waals surface area contributed by atoms with Gasteiger partial charge in [0.05, 0.1) is 5.71 Å². The molecule has 202 valence electrons. The van der Waals surface area contributed by atoms with Gasteiger partial charge in [-0.1, -0.05) is 31.5 Å². The molecule has 0 unspecified atom stereocenters. The molecule has 0 radical (unpaired) electrons. The highest BCUT2D eigenvalue weighted by molar-refractivity contribution is 6.01. The highest BCUT2D eigenvalue weighted by Crippen LogP contribution is 2.65. The van der Waals surface area contributed by atoms with Gasteiger partial charge in [-0.3, -0.25) is 14.4 Å². The van der Waals surface area contributed by atoms with Gasteiger partial charge in [0.15, 0.2) is 0 Å². The molecule has 5 rings (SSSR count). The lowest BCUT2D eigenvalue weighted by Gasteiger charge is -2.58. The van der Waals surface area contributed by atoms with Crippen molar-refractivity contribution in [3.63, 3.8) is 0 Å². The highest BCUT2D eigenvalue weighted by Gasteiger charge is 2.59. The van der Waals surface area contributed by atoms with Crippen molar-refractivity contribution in [1.82, 2.24) is 5.06 Å². The van der Waals surface area contributed by atoms with Gasteiger partial charge < -0.3 is 14.4 Å². The summed E-state index contributed by atoms with van der Waals surface area (Å²) in [5.74, 6) is -0.0951. The molecule has 4 aliphatic carbocycles. The Kier molecular flexibility index (Phi) is 6.92. The second-order valence-corrected chi connectivity index (χ2v) is 11.9. The fourth-order valence-electron chi connectivity index (χ4n) is 7.98. The second-order valence-electron chi connectivity index (χ2n) is 11.9. The van der Waals surface area contributed by atoms with Gasteiger partial charge in [0.2, 0.25) is 6.61 Å². The normalized spacial score (nSPS) is 38.0. The summed E-state index contributed by atoms with van der Waals surface area (Å²) >= 11 is 0. The Hall–Kier alpha value is -2.71. The van der Waals surface area contributed by atoms with Gasteiger partial charge in [0, 0.05) is 24.7 Å². The summed E-state index contributed by atoms with van der Waals surface area (Å²) in [6.07, 6.45) is 11.0. The Morgan fingerprint density at radius 1 is 0.973 bits per heavy atom. The van der Waals surface area contributed by atoms with Crippen molar-refractivity contribution in [3.8, 4) is 0 Å². The van der Waals surface area contributed by atoms with E-state index < -0.39 is 24.4 Å². The van der Waals surface area contributed by atoms with Crippen molar-refractivity contribution >= 4 is 29.5 Å². The molecule has 9 heteroatoms. The van der Waals surface area contributed by atoms with Crippen LogP contribution < -0.4 is 0 Å². The smallest absolute Gasteiger partial charge is 0.373 e. The number of ether oxygens (including phenoxy) is 1. The van der Waals surface area contributed by atoms with Crippen LogP contribution in [0.15, 0.2) is 16.8 Å². The quantitative estimate of drug-likeness (QED) is 0.296. The summed E-state index contributed by atoms with van der Waals surface area (Å²) < 4.78 is 5.91. The van der Waals surface area contributed by atoms with E-state index in [1.807, 2.05) is 6.92 Å². The minimum absolute atomic E-state index is 0.0475. The lowest BCUT2D eigenvalue weighted by Crippen LogP contribution is -2.51. The van der Waals surface area contributed by atoms with E-state index in [-0.39, 0.29) is 35.7 Å². The summed E-state index contributed by atoms with van der Waals surface area (Å²) in [6, 6.07) is 0. The van der Waals surface area contributed by atoms with E-state index >= 15 is 0 Å². The number of imide groups is 1. The molecular weight excluding hydrogens is 476 g/mol. The Labute approximate surface area is 217 Å². The third-order valence-corrected chi connectivity index (χ3v) is 10.0. The van der Waals surface area contributed by atoms with Crippen LogP contribution in [0.3, 0.4) is 0 Å². The first-order valence-electron chi connectivity index (χ1n) is 13.8. The molecule has 37 heavy (non-hydrogen) atoms. The first-order chi connectivity index (χ1) is 17.7. The number of allylic oxidation sites excluding steroid dienone is 2. The number of nitrogens with zero attached hydrogens (tertiary/aromatic N) is 2. The van der Waals surface area contributed by atoms with Crippen LogP contribution in [-0.2, 0) is 33.6 Å². The molecule has 1 saturated heterocycles. The number of hydrogen-bond donors (Lipinski definition) is 0. The van der Waals surface area contributed by atoms with E-state index in [0.717, 1.165) is 57.1 Å². The molecule has 4 fully saturated rings. The number of carbonyl (C=O) groups is 4. The van der Waals surface area contributed by atoms with Gasteiger partial charge in [-0.05, 0) is 80.6 Å². The van der Waals surface area contributed by atoms with E-state index in [9.17, 15) is 19.2 Å². The van der Waals surface area contributed by atoms with Gasteiger partial charge in [-0.25, -0.2) is 4.79 Å². The predicted molar refractivity (Wildman–Crippen MR) is 132 cm³/mol. The topological polar surface area (TPSA) is 112 Å². The Balaban J connectivity index is 1.21. The van der Waals surface area contributed by atoms with Crippen LogP contribution in [0.2, 0.25) is 0 Å². The Morgan fingerprint density at radius 2 is 1.73 bits per heavy atom. The number of rotatable bonds is 6. The molecule has 1 heterocycles. The molecule has 0 bridgehead atoms. The van der Waals surface area contributed by atoms with Gasteiger partial charge in [-0.15, -0.1) is 5.06 Å². The summed E-state index contributed by atoms with van der Waals surface area (Å²) in [6.45, 7) is 6.16. The van der Waals surface area contributed by atoms with E-state index in [1.54, 1.807) is 0 Å². The van der Waals surface area contributed by atoms with Crippen LogP contribution in [0.25, 0.3) is 0 Å². The summed E-state index contributed by atoms with van der Waals surface area (Å²) in [4.78, 5) is 57.3. The van der Waals surface area contributed by atoms with Crippen molar-refractivity contribution < 1.29 is 33.6 Å². The molecule has 0 N–H and O–H groups in total. The van der Waals surface area contributed by atoms with Crippen molar-refractivity contribution in [1.29, 1.82) is 0 Å². The third kappa shape index (κ3) is 4.59. The molecule has 9 nitrogen and oxygen atoms in total. The maximum Gasteiger partial charge on any atom is 0.373 e. The Morgan fingerprint density at radius 3 is 2.46 bits per heavy atom. The molecule has 0 aromatic rings. The maximum atomic E-state index is 12.0. The lowest BCUT2D eigenvalue weighted by atomic mass is 9.47. The van der Waals surface area contributed by atoms with Gasteiger partial charge in [0.1, 0.15) is 6.10 Å². The molecule has 0 aromatic heterocycles. The SMILES string of the molecule is CCC(=O)O[C@@H]1CC[C@@H]2[C@@H]3CCC4=C/C(=N/OCC(=O)ON5C(=O)CCC5=O)CC[C@]4(C)[C@H]3CC[C@@]21C. The molecule has 5 aliphatic rings. The fraction of sp³-hybridized carbons (Fsp3) is 0.750. The first kappa shape index (κ1) is 25.9. The van der Waals surface area contributed by atoms with Crippen LogP contribution in [0, 0.1) is 28.6 Å². The molecule has 6 atom stereocenters. The molecule has 0 aromatic carbocycles. The van der Waals surface area contributed by atoms with Crippen LogP contribution in [0.4, 0.5) is 0 Å². The van der Waals surface area contributed by atoms with E-state index in [4.69, 9.17) is 14.4 Å². The van der Waals surface area contributed by atoms with Gasteiger partial charge in [0.25, 0.3) is 11.8 Å². The van der Waals surface area contributed by atoms with Crippen LogP contribution in [0.5, 0.6) is 0 Å². The summed E-state index contributed by atoms with van der Waals surface area (Å²) in [5, 5.41) is 4.69. The number of carbonyl (C=O) groups excluding carboxylic acids is 4. The van der Waals surface area contributed by atoms with Crippen LogP contribution >= 0.6 is 0 Å². The van der Waals surface area contributed by atoms with Crippen LogP contribution in [-0.4, -0.2) is 47.2 Å². The van der Waals surface area contributed by atoms with E-state index in [1.165, 1.54) is 5.57 Å². The molecule has 2 amide bonds. The minimum Gasteiger partial charge on any atom is -0.462 e. The standard InChI is InChI=1S/C28H38N2O7/c1-4-25(33)36-22-8-7-20-19-6-5-17-15-18(11-13-27(17,2)21(19)12-14-28(20,22)3)29-35-16-26(34)37-30-23(31)9-10-24(30)32/h15,19-22H,4-14,16H2,1-3H3/b29-18+/t19-,20+,21-,22+,27-,28-/m0/s1. The van der Waals surface area contributed by atoms with Gasteiger partial charge >= 0.3 is 11.9 Å². The van der Waals surface area contributed by atoms with Crippen molar-refractivity contribution in [3.05, 3.63) is 11.6 Å². The number of hydrogen-bond acceptors (Lipinski definition) is 8. The monoisotopic (exact) mass is 514 g/mol. The van der Waals surface area contributed by atoms with Crippen molar-refractivity contribution in [2.75, 3.05) is 6.61 Å². The molecule has 3 saturated carbocycles.